The second-order valence-corrected chi connectivity index (χ2v) is 10.2. The van der Waals surface area contributed by atoms with Crippen LogP contribution in [0.3, 0.4) is 0 Å². The third kappa shape index (κ3) is 5.98. The molecule has 2 nitrogen and oxygen atoms in total. The number of nitriles is 1. The Morgan fingerprint density at radius 2 is 1.97 bits per heavy atom. The minimum Gasteiger partial charge on any atom is -0.298 e. The number of halogens is 2. The van der Waals surface area contributed by atoms with E-state index in [1.807, 2.05) is 41.7 Å². The smallest absolute Gasteiger partial charge is 0.126 e. The van der Waals surface area contributed by atoms with E-state index < -0.39 is 0 Å². The van der Waals surface area contributed by atoms with Gasteiger partial charge in [-0.3, -0.25) is 4.90 Å². The molecule has 166 valence electrons. The van der Waals surface area contributed by atoms with Crippen molar-refractivity contribution in [3.05, 3.63) is 92.4 Å². The third-order valence-corrected chi connectivity index (χ3v) is 7.81. The zero-order chi connectivity index (χ0) is 22.3. The number of aryl methyl sites for hydroxylation is 2. The van der Waals surface area contributed by atoms with Gasteiger partial charge >= 0.3 is 0 Å². The molecule has 2 heterocycles. The van der Waals surface area contributed by atoms with E-state index in [9.17, 15) is 4.39 Å². The Labute approximate surface area is 199 Å². The highest BCUT2D eigenvalue weighted by molar-refractivity contribution is 7.09. The van der Waals surface area contributed by atoms with Gasteiger partial charge in [0.05, 0.1) is 10.6 Å². The molecule has 0 radical (unpaired) electrons. The van der Waals surface area contributed by atoms with Crippen molar-refractivity contribution >= 4 is 22.9 Å². The van der Waals surface area contributed by atoms with E-state index in [4.69, 9.17) is 16.9 Å². The van der Waals surface area contributed by atoms with Crippen LogP contribution >= 0.6 is 22.9 Å². The second kappa shape index (κ2) is 11.1. The first-order chi connectivity index (χ1) is 15.6. The Morgan fingerprint density at radius 3 is 2.72 bits per heavy atom. The number of hydrogen-bond acceptors (Lipinski definition) is 3. The summed E-state index contributed by atoms with van der Waals surface area (Å²) >= 11 is 8.07. The second-order valence-electron chi connectivity index (χ2n) is 8.72. The third-order valence-electron chi connectivity index (χ3n) is 6.64. The number of benzene rings is 2. The summed E-state index contributed by atoms with van der Waals surface area (Å²) in [5.74, 6) is 1.05. The first kappa shape index (κ1) is 23.0. The van der Waals surface area contributed by atoms with Crippen LogP contribution in [0.4, 0.5) is 4.39 Å². The molecule has 0 spiro atoms. The van der Waals surface area contributed by atoms with Gasteiger partial charge in [-0.2, -0.15) is 5.26 Å². The summed E-state index contributed by atoms with van der Waals surface area (Å²) in [6, 6.07) is 19.3. The van der Waals surface area contributed by atoms with Crippen molar-refractivity contribution in [3.63, 3.8) is 0 Å². The maximum Gasteiger partial charge on any atom is 0.126 e. The summed E-state index contributed by atoms with van der Waals surface area (Å²) in [6.45, 7) is 3.26. The van der Waals surface area contributed by atoms with Gasteiger partial charge in [0.15, 0.2) is 0 Å². The van der Waals surface area contributed by atoms with Gasteiger partial charge in [0, 0.05) is 18.0 Å². The van der Waals surface area contributed by atoms with Gasteiger partial charge in [-0.1, -0.05) is 41.9 Å². The normalized spacial score (nSPS) is 17.3. The highest BCUT2D eigenvalue weighted by atomic mass is 35.5. The van der Waals surface area contributed by atoms with E-state index >= 15 is 0 Å². The lowest BCUT2D eigenvalue weighted by molar-refractivity contribution is 0.264. The van der Waals surface area contributed by atoms with E-state index in [0.717, 1.165) is 50.9 Å². The van der Waals surface area contributed by atoms with Gasteiger partial charge in [-0.15, -0.1) is 11.3 Å². The molecule has 2 aromatic carbocycles. The minimum atomic E-state index is -0.101. The van der Waals surface area contributed by atoms with Crippen molar-refractivity contribution in [3.8, 4) is 6.07 Å². The maximum absolute atomic E-state index is 14.2. The molecule has 1 saturated heterocycles. The first-order valence-electron chi connectivity index (χ1n) is 11.3. The molecule has 0 bridgehead atoms. The number of thiophene rings is 1. The summed E-state index contributed by atoms with van der Waals surface area (Å²) in [5, 5.41) is 11.8. The Hall–Kier alpha value is -2.19. The summed E-state index contributed by atoms with van der Waals surface area (Å²) in [7, 11) is 0. The molecule has 0 amide bonds. The fourth-order valence-electron chi connectivity index (χ4n) is 4.83. The van der Waals surface area contributed by atoms with Gasteiger partial charge in [0.1, 0.15) is 11.9 Å². The molecular weight excluding hydrogens is 439 g/mol. The molecule has 1 aromatic heterocycles. The Kier molecular flexibility index (Phi) is 7.97. The van der Waals surface area contributed by atoms with Crippen LogP contribution in [0, 0.1) is 29.0 Å². The van der Waals surface area contributed by atoms with Crippen LogP contribution in [0.15, 0.2) is 60.0 Å². The van der Waals surface area contributed by atoms with Crippen LogP contribution in [-0.2, 0) is 19.4 Å². The lowest BCUT2D eigenvalue weighted by Gasteiger charge is -2.25. The molecule has 32 heavy (non-hydrogen) atoms. The summed E-state index contributed by atoms with van der Waals surface area (Å²) in [5.41, 5.74) is 2.50. The predicted octanol–water partition coefficient (Wildman–Crippen LogP) is 7.12. The molecule has 0 aliphatic carbocycles. The average molecular weight is 467 g/mol. The van der Waals surface area contributed by atoms with Gasteiger partial charge < -0.3 is 0 Å². The molecule has 5 heteroatoms. The highest BCUT2D eigenvalue weighted by Gasteiger charge is 2.29. The van der Waals surface area contributed by atoms with Crippen LogP contribution in [0.1, 0.15) is 40.8 Å². The summed E-state index contributed by atoms with van der Waals surface area (Å²) < 4.78 is 14.2. The molecule has 1 aliphatic rings. The van der Waals surface area contributed by atoms with Crippen molar-refractivity contribution in [2.45, 2.75) is 38.6 Å². The number of nitrogens with zero attached hydrogens (tertiary/aromatic N) is 2. The fraction of sp³-hybridized carbons (Fsp3) is 0.370. The molecule has 0 saturated carbocycles. The predicted molar refractivity (Wildman–Crippen MR) is 130 cm³/mol. The van der Waals surface area contributed by atoms with Crippen LogP contribution in [0.2, 0.25) is 5.02 Å². The lowest BCUT2D eigenvalue weighted by atomic mass is 9.82. The maximum atomic E-state index is 14.2. The zero-order valence-electron chi connectivity index (χ0n) is 18.1. The van der Waals surface area contributed by atoms with E-state index in [-0.39, 0.29) is 5.82 Å². The Bertz CT molecular complexity index is 1060. The number of hydrogen-bond donors (Lipinski definition) is 0. The van der Waals surface area contributed by atoms with Crippen molar-refractivity contribution in [2.75, 3.05) is 13.1 Å². The Morgan fingerprint density at radius 1 is 1.12 bits per heavy atom. The zero-order valence-corrected chi connectivity index (χ0v) is 19.7. The summed E-state index contributed by atoms with van der Waals surface area (Å²) in [4.78, 5) is 3.98. The largest absolute Gasteiger partial charge is 0.298 e. The van der Waals surface area contributed by atoms with Gasteiger partial charge in [0.2, 0.25) is 0 Å². The molecule has 0 N–H and O–H groups in total. The van der Waals surface area contributed by atoms with Crippen LogP contribution in [-0.4, -0.2) is 18.0 Å². The molecule has 4 rings (SSSR count). The topological polar surface area (TPSA) is 27.0 Å². The first-order valence-corrected chi connectivity index (χ1v) is 12.5. The van der Waals surface area contributed by atoms with Gasteiger partial charge in [0.25, 0.3) is 0 Å². The standard InChI is InChI=1S/C27H28ClFN2S/c28-26-16-20(8-10-23(26)17-30)7-9-21(11-12-22-4-1-2-6-27(22)29)24-13-14-31(18-24)19-25-5-3-15-32-25/h1-6,8,10,15-16,21,24H,7,9,11-14,18-19H2/t21?,24-/m0/s1. The highest BCUT2D eigenvalue weighted by Crippen LogP contribution is 2.33. The number of likely N-dealkylation sites (tertiary alicyclic amines) is 1. The fourth-order valence-corrected chi connectivity index (χ4v) is 5.82. The number of rotatable bonds is 9. The van der Waals surface area contributed by atoms with Crippen molar-refractivity contribution in [1.82, 2.24) is 4.90 Å². The monoisotopic (exact) mass is 466 g/mol. The van der Waals surface area contributed by atoms with E-state index in [2.05, 4.69) is 28.5 Å². The van der Waals surface area contributed by atoms with Crippen LogP contribution < -0.4 is 0 Å². The molecule has 1 fully saturated rings. The van der Waals surface area contributed by atoms with Crippen molar-refractivity contribution in [2.24, 2.45) is 11.8 Å². The van der Waals surface area contributed by atoms with Crippen molar-refractivity contribution < 1.29 is 4.39 Å². The summed E-state index contributed by atoms with van der Waals surface area (Å²) in [6.07, 6.45) is 4.93. The minimum absolute atomic E-state index is 0.101. The Balaban J connectivity index is 1.42. The SMILES string of the molecule is N#Cc1ccc(CCC(CCc2ccccc2F)[C@H]2CCN(Cc3cccs3)C2)cc1Cl. The van der Waals surface area contributed by atoms with Gasteiger partial charge in [-0.05, 0) is 91.3 Å². The quantitative estimate of drug-likeness (QED) is 0.335. The van der Waals surface area contributed by atoms with Crippen LogP contribution in [0.5, 0.6) is 0 Å². The molecule has 1 unspecified atom stereocenters. The van der Waals surface area contributed by atoms with E-state index in [1.165, 1.54) is 16.9 Å². The van der Waals surface area contributed by atoms with Crippen molar-refractivity contribution in [1.29, 1.82) is 5.26 Å². The van der Waals surface area contributed by atoms with Gasteiger partial charge in [-0.25, -0.2) is 4.39 Å². The lowest BCUT2D eigenvalue weighted by Crippen LogP contribution is -2.23. The van der Waals surface area contributed by atoms with Crippen LogP contribution in [0.25, 0.3) is 0 Å². The van der Waals surface area contributed by atoms with E-state index in [1.54, 1.807) is 12.1 Å². The average Bonchev–Trinajstić information content (AvgIpc) is 3.48. The molecule has 1 aliphatic heterocycles. The molecule has 2 atom stereocenters. The molecular formula is C27H28ClFN2S. The van der Waals surface area contributed by atoms with E-state index in [0.29, 0.717) is 22.4 Å². The molecule has 3 aromatic rings.